The molecule has 0 amide bonds. The lowest BCUT2D eigenvalue weighted by Gasteiger charge is -1.99. The maximum Gasteiger partial charge on any atom is 0.313 e. The summed E-state index contributed by atoms with van der Waals surface area (Å²) in [6, 6.07) is 5.23. The SMILES string of the molecule is O=C(O)CSc1cccc([ClH+])c1Cl. The van der Waals surface area contributed by atoms with Crippen molar-refractivity contribution in [1.82, 2.24) is 0 Å². The highest BCUT2D eigenvalue weighted by atomic mass is 35.5. The lowest BCUT2D eigenvalue weighted by Crippen LogP contribution is -1.97. The average Bonchev–Trinajstić information content (AvgIpc) is 2.07. The standard InChI is InChI=1S/C8H6Cl2O2S/c9-5-2-1-3-6(8(5)10)13-4-7(11)12/h1-3,9H,4H2/p+1. The Kier molecular flexibility index (Phi) is 3.90. The van der Waals surface area contributed by atoms with Gasteiger partial charge in [-0.05, 0) is 6.07 Å². The summed E-state index contributed by atoms with van der Waals surface area (Å²) in [6.45, 7) is 0. The zero-order valence-corrected chi connectivity index (χ0v) is 8.88. The molecule has 2 nitrogen and oxygen atoms in total. The molecule has 0 aliphatic heterocycles. The topological polar surface area (TPSA) is 37.3 Å². The monoisotopic (exact) mass is 237 g/mol. The number of carboxylic acids is 1. The minimum atomic E-state index is -0.865. The number of carbonyl (C=O) groups is 1. The van der Waals surface area contributed by atoms with E-state index in [4.69, 9.17) is 28.3 Å². The summed E-state index contributed by atoms with van der Waals surface area (Å²) in [5.41, 5.74) is 0. The molecule has 0 heterocycles. The summed E-state index contributed by atoms with van der Waals surface area (Å²) < 4.78 is 0. The highest BCUT2D eigenvalue weighted by Crippen LogP contribution is 2.30. The number of aliphatic carboxylic acids is 1. The van der Waals surface area contributed by atoms with Crippen molar-refractivity contribution in [2.24, 2.45) is 0 Å². The summed E-state index contributed by atoms with van der Waals surface area (Å²) in [5, 5.41) is 9.46. The van der Waals surface area contributed by atoms with E-state index >= 15 is 0 Å². The van der Waals surface area contributed by atoms with Crippen molar-refractivity contribution in [2.45, 2.75) is 4.90 Å². The van der Waals surface area contributed by atoms with E-state index < -0.39 is 5.97 Å². The van der Waals surface area contributed by atoms with Crippen molar-refractivity contribution in [1.29, 1.82) is 0 Å². The fourth-order valence-corrected chi connectivity index (χ4v) is 1.97. The van der Waals surface area contributed by atoms with Gasteiger partial charge in [-0.1, -0.05) is 17.7 Å². The van der Waals surface area contributed by atoms with Gasteiger partial charge in [-0.2, -0.15) is 0 Å². The molecule has 0 atom stereocenters. The second-order valence-corrected chi connectivity index (χ2v) is 4.09. The van der Waals surface area contributed by atoms with Gasteiger partial charge in [0.2, 0.25) is 5.02 Å². The van der Waals surface area contributed by atoms with Gasteiger partial charge in [0.05, 0.1) is 5.75 Å². The highest BCUT2D eigenvalue weighted by Gasteiger charge is 2.10. The van der Waals surface area contributed by atoms with Crippen LogP contribution in [0.2, 0.25) is 10.0 Å². The molecule has 0 bridgehead atoms. The maximum atomic E-state index is 10.3. The molecule has 70 valence electrons. The Hall–Kier alpha value is -0.380. The van der Waals surface area contributed by atoms with E-state index in [1.54, 1.807) is 18.2 Å². The Labute approximate surface area is 89.8 Å². The van der Waals surface area contributed by atoms with Crippen LogP contribution in [-0.2, 0) is 4.79 Å². The molecular formula is C8H7Cl2O2S+. The van der Waals surface area contributed by atoms with E-state index in [-0.39, 0.29) is 5.75 Å². The van der Waals surface area contributed by atoms with Crippen LogP contribution in [0.4, 0.5) is 0 Å². The molecule has 0 aliphatic carbocycles. The molecule has 0 aromatic heterocycles. The first-order valence-electron chi connectivity index (χ1n) is 3.41. The van der Waals surface area contributed by atoms with Crippen LogP contribution in [0.1, 0.15) is 0 Å². The van der Waals surface area contributed by atoms with E-state index in [1.165, 1.54) is 11.8 Å². The van der Waals surface area contributed by atoms with Crippen LogP contribution in [-0.4, -0.2) is 16.8 Å². The maximum absolute atomic E-state index is 10.3. The Bertz CT molecular complexity index is 328. The molecule has 0 saturated carbocycles. The first kappa shape index (κ1) is 10.7. The van der Waals surface area contributed by atoms with Crippen LogP contribution in [0.15, 0.2) is 23.1 Å². The predicted molar refractivity (Wildman–Crippen MR) is 50.4 cm³/mol. The van der Waals surface area contributed by atoms with Crippen molar-refractivity contribution < 1.29 is 21.5 Å². The van der Waals surface area contributed by atoms with Crippen LogP contribution in [0.3, 0.4) is 0 Å². The smallest absolute Gasteiger partial charge is 0.313 e. The van der Waals surface area contributed by atoms with Gasteiger partial charge in [0, 0.05) is 11.0 Å². The second kappa shape index (κ2) is 4.74. The normalized spacial score (nSPS) is 10.0. The van der Waals surface area contributed by atoms with Crippen LogP contribution in [0.25, 0.3) is 0 Å². The van der Waals surface area contributed by atoms with E-state index in [9.17, 15) is 4.79 Å². The molecular weight excluding hydrogens is 231 g/mol. The molecule has 0 saturated heterocycles. The Balaban J connectivity index is 2.77. The fourth-order valence-electron chi connectivity index (χ4n) is 0.742. The van der Waals surface area contributed by atoms with Crippen LogP contribution in [0.5, 0.6) is 0 Å². The molecule has 13 heavy (non-hydrogen) atoms. The summed E-state index contributed by atoms with van der Waals surface area (Å²) in [5.74, 6) is -0.866. The van der Waals surface area contributed by atoms with Gasteiger partial charge in [-0.15, -0.1) is 11.8 Å². The predicted octanol–water partition coefficient (Wildman–Crippen LogP) is 2.21. The van der Waals surface area contributed by atoms with E-state index in [0.717, 1.165) is 4.90 Å². The summed E-state index contributed by atoms with van der Waals surface area (Å²) in [6.07, 6.45) is 0. The summed E-state index contributed by atoms with van der Waals surface area (Å²) >= 11 is 12.0. The third-order valence-corrected chi connectivity index (χ3v) is 3.29. The van der Waals surface area contributed by atoms with Gasteiger partial charge in [-0.25, -0.2) is 0 Å². The minimum absolute atomic E-state index is 0.00148. The first-order valence-corrected chi connectivity index (χ1v) is 5.18. The quantitative estimate of drug-likeness (QED) is 0.820. The third kappa shape index (κ3) is 3.10. The largest absolute Gasteiger partial charge is 0.481 e. The van der Waals surface area contributed by atoms with Gasteiger partial charge in [0.25, 0.3) is 0 Å². The van der Waals surface area contributed by atoms with Crippen molar-refractivity contribution >= 4 is 29.3 Å². The van der Waals surface area contributed by atoms with Crippen LogP contribution < -0.4 is 0 Å². The number of hydrogen-bond donors (Lipinski definition) is 1. The van der Waals surface area contributed by atoms with Gasteiger partial charge < -0.3 is 5.11 Å². The molecule has 1 rings (SSSR count). The number of carboxylic acid groups (broad SMARTS) is 1. The number of hydrogen-bond acceptors (Lipinski definition) is 2. The van der Waals surface area contributed by atoms with Gasteiger partial charge >= 0.3 is 5.97 Å². The van der Waals surface area contributed by atoms with E-state index in [1.807, 2.05) is 0 Å². The molecule has 1 aromatic carbocycles. The first-order chi connectivity index (χ1) is 6.11. The van der Waals surface area contributed by atoms with Crippen LogP contribution in [0, 0.1) is 11.6 Å². The lowest BCUT2D eigenvalue weighted by atomic mass is 10.4. The molecule has 0 aliphatic rings. The molecule has 0 spiro atoms. The van der Waals surface area contributed by atoms with Gasteiger partial charge in [-0.3, -0.25) is 4.79 Å². The molecule has 1 N–H and O–H groups in total. The number of halogens is 2. The average molecular weight is 238 g/mol. The molecule has 1 aromatic rings. The zero-order chi connectivity index (χ0) is 9.84. The second-order valence-electron chi connectivity index (χ2n) is 2.25. The van der Waals surface area contributed by atoms with Crippen molar-refractivity contribution in [3.8, 4) is 0 Å². The van der Waals surface area contributed by atoms with E-state index in [2.05, 4.69) is 0 Å². The van der Waals surface area contributed by atoms with Gasteiger partial charge in [0.15, 0.2) is 11.6 Å². The minimum Gasteiger partial charge on any atom is -0.481 e. The Morgan fingerprint density at radius 2 is 2.31 bits per heavy atom. The summed E-state index contributed by atoms with van der Waals surface area (Å²) in [7, 11) is 0. The zero-order valence-electron chi connectivity index (χ0n) is 6.49. The van der Waals surface area contributed by atoms with Crippen molar-refractivity contribution in [2.75, 3.05) is 5.75 Å². The molecule has 0 fully saturated rings. The van der Waals surface area contributed by atoms with Gasteiger partial charge in [0.1, 0.15) is 5.02 Å². The Morgan fingerprint density at radius 3 is 2.92 bits per heavy atom. The summed E-state index contributed by atoms with van der Waals surface area (Å²) in [4.78, 5) is 11.0. The lowest BCUT2D eigenvalue weighted by molar-refractivity contribution is -0.289. The Morgan fingerprint density at radius 1 is 1.62 bits per heavy atom. The van der Waals surface area contributed by atoms with Crippen molar-refractivity contribution in [3.63, 3.8) is 0 Å². The third-order valence-electron chi connectivity index (χ3n) is 1.28. The number of benzene rings is 1. The van der Waals surface area contributed by atoms with Crippen LogP contribution >= 0.6 is 23.4 Å². The molecule has 0 radical (unpaired) electrons. The fraction of sp³-hybridized carbons (Fsp3) is 0.125. The number of thioether (sulfide) groups is 1. The van der Waals surface area contributed by atoms with E-state index in [0.29, 0.717) is 10.0 Å². The highest BCUT2D eigenvalue weighted by molar-refractivity contribution is 8.00. The number of rotatable bonds is 3. The molecule has 0 unspecified atom stereocenters. The molecule has 5 heteroatoms. The van der Waals surface area contributed by atoms with Crippen molar-refractivity contribution in [3.05, 3.63) is 28.2 Å².